The third kappa shape index (κ3) is 4.95. The molecule has 202 valence electrons. The Labute approximate surface area is 219 Å². The SMILES string of the molecule is COc1cc(-c2cccc(F)c2)c(F)c(F)c1-n1c2c(ccc1=O)CN(S(=O)(=O)Nc1ncc(F)cn1)CC2. The van der Waals surface area contributed by atoms with Crippen LogP contribution >= 0.6 is 0 Å². The van der Waals surface area contributed by atoms with Crippen LogP contribution in [-0.2, 0) is 23.2 Å². The molecule has 0 saturated carbocycles. The molecule has 0 unspecified atom stereocenters. The maximum atomic E-state index is 15.6. The number of anilines is 1. The number of ether oxygens (including phenoxy) is 1. The molecule has 0 aliphatic carbocycles. The molecule has 0 bridgehead atoms. The molecular weight excluding hydrogens is 542 g/mol. The van der Waals surface area contributed by atoms with Gasteiger partial charge in [-0.15, -0.1) is 0 Å². The standard InChI is InChI=1S/C25H19F4N5O4S/c1-38-20-10-18(14-3-2-4-16(26)9-14)22(28)23(29)24(20)34-19-7-8-33(13-15(19)5-6-21(34)35)39(36,37)32-25-30-11-17(27)12-31-25/h2-6,9-12H,7-8,13H2,1H3,(H,30,31,32). The highest BCUT2D eigenvalue weighted by Crippen LogP contribution is 2.36. The maximum Gasteiger partial charge on any atom is 0.304 e. The first-order valence-electron chi connectivity index (χ1n) is 11.4. The summed E-state index contributed by atoms with van der Waals surface area (Å²) < 4.78 is 92.9. The Bertz CT molecular complexity index is 1750. The summed E-state index contributed by atoms with van der Waals surface area (Å²) in [6.45, 7) is -0.360. The van der Waals surface area contributed by atoms with E-state index in [1.54, 1.807) is 0 Å². The molecule has 5 rings (SSSR count). The van der Waals surface area contributed by atoms with Crippen LogP contribution in [0.1, 0.15) is 11.3 Å². The van der Waals surface area contributed by atoms with E-state index in [0.717, 1.165) is 39.5 Å². The average Bonchev–Trinajstić information content (AvgIpc) is 2.91. The molecule has 3 heterocycles. The van der Waals surface area contributed by atoms with Gasteiger partial charge in [0.05, 0.1) is 19.5 Å². The van der Waals surface area contributed by atoms with Gasteiger partial charge in [-0.1, -0.05) is 18.2 Å². The van der Waals surface area contributed by atoms with Crippen molar-refractivity contribution < 1.29 is 30.7 Å². The van der Waals surface area contributed by atoms with Crippen molar-refractivity contribution in [2.45, 2.75) is 13.0 Å². The Morgan fingerprint density at radius 2 is 1.72 bits per heavy atom. The molecule has 14 heteroatoms. The fraction of sp³-hybridized carbons (Fsp3) is 0.160. The van der Waals surface area contributed by atoms with Gasteiger partial charge in [-0.2, -0.15) is 12.7 Å². The minimum atomic E-state index is -4.19. The number of hydrogen-bond donors (Lipinski definition) is 1. The fourth-order valence-electron chi connectivity index (χ4n) is 4.35. The smallest absolute Gasteiger partial charge is 0.304 e. The summed E-state index contributed by atoms with van der Waals surface area (Å²) in [6, 6.07) is 8.60. The van der Waals surface area contributed by atoms with Crippen LogP contribution in [0.15, 0.2) is 59.7 Å². The zero-order valence-corrected chi connectivity index (χ0v) is 21.0. The Morgan fingerprint density at radius 3 is 2.41 bits per heavy atom. The van der Waals surface area contributed by atoms with Gasteiger partial charge < -0.3 is 4.74 Å². The summed E-state index contributed by atoms with van der Waals surface area (Å²) >= 11 is 0. The number of nitrogens with zero attached hydrogens (tertiary/aromatic N) is 4. The van der Waals surface area contributed by atoms with Gasteiger partial charge in [0.1, 0.15) is 17.3 Å². The summed E-state index contributed by atoms with van der Waals surface area (Å²) in [5, 5.41) is 0. The van der Waals surface area contributed by atoms with Crippen molar-refractivity contribution in [2.75, 3.05) is 18.4 Å². The van der Waals surface area contributed by atoms with E-state index in [9.17, 15) is 22.0 Å². The van der Waals surface area contributed by atoms with E-state index in [2.05, 4.69) is 14.7 Å². The van der Waals surface area contributed by atoms with E-state index >= 15 is 8.78 Å². The molecule has 2 aromatic heterocycles. The predicted octanol–water partition coefficient (Wildman–Crippen LogP) is 3.57. The lowest BCUT2D eigenvalue weighted by Crippen LogP contribution is -2.41. The first-order valence-corrected chi connectivity index (χ1v) is 12.8. The van der Waals surface area contributed by atoms with Crippen LogP contribution in [0.3, 0.4) is 0 Å². The first-order chi connectivity index (χ1) is 18.6. The predicted molar refractivity (Wildman–Crippen MR) is 133 cm³/mol. The number of nitrogens with one attached hydrogen (secondary N) is 1. The largest absolute Gasteiger partial charge is 0.494 e. The molecule has 0 fully saturated rings. The minimum absolute atomic E-state index is 0.0491. The van der Waals surface area contributed by atoms with Crippen LogP contribution in [0.4, 0.5) is 23.5 Å². The van der Waals surface area contributed by atoms with Gasteiger partial charge in [0, 0.05) is 36.8 Å². The summed E-state index contributed by atoms with van der Waals surface area (Å²) in [7, 11) is -2.98. The van der Waals surface area contributed by atoms with Crippen molar-refractivity contribution in [1.82, 2.24) is 18.8 Å². The number of fused-ring (bicyclic) bond motifs is 1. The monoisotopic (exact) mass is 561 g/mol. The van der Waals surface area contributed by atoms with Crippen molar-refractivity contribution in [3.05, 3.63) is 99.7 Å². The highest BCUT2D eigenvalue weighted by molar-refractivity contribution is 7.90. The van der Waals surface area contributed by atoms with Crippen molar-refractivity contribution in [3.63, 3.8) is 0 Å². The third-order valence-corrected chi connectivity index (χ3v) is 7.57. The van der Waals surface area contributed by atoms with E-state index < -0.39 is 44.7 Å². The number of pyridine rings is 1. The third-order valence-electron chi connectivity index (χ3n) is 6.14. The molecule has 0 radical (unpaired) electrons. The molecule has 0 saturated heterocycles. The summed E-state index contributed by atoms with van der Waals surface area (Å²) in [4.78, 5) is 20.1. The van der Waals surface area contributed by atoms with Gasteiger partial charge in [0.2, 0.25) is 5.95 Å². The van der Waals surface area contributed by atoms with Crippen molar-refractivity contribution in [3.8, 4) is 22.6 Å². The van der Waals surface area contributed by atoms with Crippen LogP contribution < -0.4 is 15.0 Å². The topological polar surface area (TPSA) is 106 Å². The van der Waals surface area contributed by atoms with Crippen molar-refractivity contribution in [1.29, 1.82) is 0 Å². The highest BCUT2D eigenvalue weighted by atomic mass is 32.2. The Kier molecular flexibility index (Phi) is 6.82. The number of rotatable bonds is 6. The van der Waals surface area contributed by atoms with Crippen molar-refractivity contribution >= 4 is 16.2 Å². The second kappa shape index (κ2) is 10.1. The van der Waals surface area contributed by atoms with Crippen LogP contribution in [0.5, 0.6) is 5.75 Å². The molecule has 1 aliphatic rings. The molecule has 39 heavy (non-hydrogen) atoms. The zero-order valence-electron chi connectivity index (χ0n) is 20.2. The Balaban J connectivity index is 1.55. The lowest BCUT2D eigenvalue weighted by Gasteiger charge is -2.30. The van der Waals surface area contributed by atoms with E-state index in [1.807, 2.05) is 0 Å². The molecule has 4 aromatic rings. The number of halogens is 4. The normalized spacial score (nSPS) is 13.7. The number of benzene rings is 2. The second-order valence-corrected chi connectivity index (χ2v) is 10.2. The quantitative estimate of drug-likeness (QED) is 0.361. The molecule has 0 spiro atoms. The summed E-state index contributed by atoms with van der Waals surface area (Å²) in [6.07, 6.45) is 1.55. The van der Waals surface area contributed by atoms with Gasteiger partial charge >= 0.3 is 10.2 Å². The lowest BCUT2D eigenvalue weighted by atomic mass is 10.0. The molecule has 2 aromatic carbocycles. The van der Waals surface area contributed by atoms with Crippen LogP contribution in [0, 0.1) is 23.3 Å². The van der Waals surface area contributed by atoms with E-state index in [0.29, 0.717) is 5.56 Å². The highest BCUT2D eigenvalue weighted by Gasteiger charge is 2.31. The second-order valence-electron chi connectivity index (χ2n) is 8.51. The average molecular weight is 562 g/mol. The molecule has 0 amide bonds. The molecular formula is C25H19F4N5O4S. The minimum Gasteiger partial charge on any atom is -0.494 e. The summed E-state index contributed by atoms with van der Waals surface area (Å²) in [5.74, 6) is -4.63. The number of hydrogen-bond acceptors (Lipinski definition) is 6. The first kappa shape index (κ1) is 26.3. The van der Waals surface area contributed by atoms with Crippen molar-refractivity contribution in [2.24, 2.45) is 0 Å². The van der Waals surface area contributed by atoms with Gasteiger partial charge in [-0.05, 0) is 29.3 Å². The molecule has 9 nitrogen and oxygen atoms in total. The van der Waals surface area contributed by atoms with Crippen LogP contribution in [-0.4, -0.2) is 40.9 Å². The zero-order chi connectivity index (χ0) is 27.9. The molecule has 0 atom stereocenters. The number of aromatic nitrogens is 3. The summed E-state index contributed by atoms with van der Waals surface area (Å²) in [5.41, 5.74) is -0.789. The number of methoxy groups -OCH3 is 1. The van der Waals surface area contributed by atoms with Crippen LogP contribution in [0.25, 0.3) is 16.8 Å². The Morgan fingerprint density at radius 1 is 0.974 bits per heavy atom. The maximum absolute atomic E-state index is 15.6. The lowest BCUT2D eigenvalue weighted by molar-refractivity contribution is 0.382. The van der Waals surface area contributed by atoms with Gasteiger partial charge in [-0.3, -0.25) is 9.36 Å². The van der Waals surface area contributed by atoms with Gasteiger partial charge in [-0.25, -0.2) is 32.3 Å². The van der Waals surface area contributed by atoms with E-state index in [-0.39, 0.29) is 48.0 Å². The van der Waals surface area contributed by atoms with Gasteiger partial charge in [0.15, 0.2) is 17.5 Å². The van der Waals surface area contributed by atoms with Crippen LogP contribution in [0.2, 0.25) is 0 Å². The molecule has 1 aliphatic heterocycles. The molecule has 1 N–H and O–H groups in total. The van der Waals surface area contributed by atoms with Gasteiger partial charge in [0.25, 0.3) is 5.56 Å². The Hall–Kier alpha value is -4.30. The fourth-order valence-corrected chi connectivity index (χ4v) is 5.46. The van der Waals surface area contributed by atoms with E-state index in [1.165, 1.54) is 31.4 Å². The van der Waals surface area contributed by atoms with E-state index in [4.69, 9.17) is 4.74 Å².